The monoisotopic (exact) mass is 636 g/mol. The van der Waals surface area contributed by atoms with Crippen LogP contribution in [-0.2, 0) is 13.1 Å². The first-order chi connectivity index (χ1) is 21.0. The van der Waals surface area contributed by atoms with Crippen molar-refractivity contribution in [2.24, 2.45) is 5.73 Å². The van der Waals surface area contributed by atoms with Crippen molar-refractivity contribution in [1.29, 1.82) is 0 Å². The summed E-state index contributed by atoms with van der Waals surface area (Å²) in [6.07, 6.45) is 13.2. The zero-order chi connectivity index (χ0) is 30.3. The molecule has 0 bridgehead atoms. The number of carboxylic acids is 1. The molecule has 0 atom stereocenters. The molecule has 0 aliphatic heterocycles. The Bertz CT molecular complexity index is 1710. The second-order valence-corrected chi connectivity index (χ2v) is 9.77. The number of carbonyl (C=O) groups is 2. The molecule has 18 heteroatoms. The number of hydrogen-bond donors (Lipinski definition) is 2. The quantitative estimate of drug-likeness (QED) is 0.185. The summed E-state index contributed by atoms with van der Waals surface area (Å²) in [7, 11) is 0. The van der Waals surface area contributed by atoms with Gasteiger partial charge in [-0.25, -0.2) is 19.9 Å². The van der Waals surface area contributed by atoms with Gasteiger partial charge in [-0.2, -0.15) is 0 Å². The molecule has 44 heavy (non-hydrogen) atoms. The van der Waals surface area contributed by atoms with E-state index >= 15 is 0 Å². The Morgan fingerprint density at radius 1 is 0.705 bits per heavy atom. The number of rotatable bonds is 7. The number of carboxylic acid groups (broad SMARTS) is 1. The Balaban J connectivity index is 0.000000198. The molecular formula is C26H21N12NaO3S2. The fourth-order valence-corrected chi connectivity index (χ4v) is 4.34. The number of aromatic carboxylic acids is 1. The topological polar surface area (TPSA) is 224 Å². The third kappa shape index (κ3) is 10.6. The molecule has 6 aromatic heterocycles. The fraction of sp³-hybridized carbons (Fsp3) is 0.0769. The van der Waals surface area contributed by atoms with E-state index in [-0.39, 0.29) is 47.0 Å². The number of aromatic nitrogens is 10. The van der Waals surface area contributed by atoms with E-state index in [1.807, 2.05) is 12.1 Å². The Morgan fingerprint density at radius 3 is 1.64 bits per heavy atom. The minimum absolute atomic E-state index is 0. The zero-order valence-corrected chi connectivity index (χ0v) is 26.7. The average Bonchev–Trinajstić information content (AvgIpc) is 3.78. The third-order valence-corrected chi connectivity index (χ3v) is 6.79. The Labute approximate surface area is 280 Å². The summed E-state index contributed by atoms with van der Waals surface area (Å²) >= 11 is 2.18. The van der Waals surface area contributed by atoms with E-state index in [9.17, 15) is 14.7 Å². The third-order valence-electron chi connectivity index (χ3n) is 4.86. The average molecular weight is 637 g/mol. The van der Waals surface area contributed by atoms with Crippen LogP contribution >= 0.6 is 22.7 Å². The molecule has 0 unspecified atom stereocenters. The van der Waals surface area contributed by atoms with Crippen LogP contribution in [0.2, 0.25) is 0 Å². The summed E-state index contributed by atoms with van der Waals surface area (Å²) < 4.78 is 0. The van der Waals surface area contributed by atoms with Crippen molar-refractivity contribution < 1.29 is 44.3 Å². The van der Waals surface area contributed by atoms with Crippen molar-refractivity contribution in [1.82, 2.24) is 55.6 Å². The largest absolute Gasteiger partial charge is 1.00 e. The van der Waals surface area contributed by atoms with E-state index in [2.05, 4.69) is 55.6 Å². The number of pyridine rings is 2. The van der Waals surface area contributed by atoms with Crippen LogP contribution in [0.4, 0.5) is 0 Å². The molecular weight excluding hydrogens is 615 g/mol. The number of nitrogens with two attached hydrogens (primary N) is 1. The smallest absolute Gasteiger partial charge is 0.542 e. The van der Waals surface area contributed by atoms with Crippen LogP contribution in [0.1, 0.15) is 31.3 Å². The summed E-state index contributed by atoms with van der Waals surface area (Å²) in [6.45, 7) is 0.669. The van der Waals surface area contributed by atoms with Crippen LogP contribution in [0.15, 0.2) is 86.0 Å². The van der Waals surface area contributed by atoms with Crippen molar-refractivity contribution in [2.75, 3.05) is 0 Å². The normalized spacial score (nSPS) is 9.75. The van der Waals surface area contributed by atoms with Crippen molar-refractivity contribution in [3.63, 3.8) is 0 Å². The molecule has 0 fully saturated rings. The van der Waals surface area contributed by atoms with E-state index in [0.29, 0.717) is 33.2 Å². The molecule has 0 radical (unpaired) electrons. The molecule has 0 saturated heterocycles. The van der Waals surface area contributed by atoms with Gasteiger partial charge in [0.15, 0.2) is 5.01 Å². The van der Waals surface area contributed by atoms with Crippen LogP contribution in [0.25, 0.3) is 21.1 Å². The molecule has 216 valence electrons. The van der Waals surface area contributed by atoms with E-state index in [4.69, 9.17) is 5.73 Å². The van der Waals surface area contributed by atoms with Gasteiger partial charge < -0.3 is 21.0 Å². The minimum atomic E-state index is -1.31. The first-order valence-electron chi connectivity index (χ1n) is 12.2. The molecule has 15 nitrogen and oxygen atoms in total. The predicted molar refractivity (Wildman–Crippen MR) is 154 cm³/mol. The van der Waals surface area contributed by atoms with Gasteiger partial charge in [0.05, 0.1) is 13.1 Å². The molecule has 6 rings (SSSR count). The summed E-state index contributed by atoms with van der Waals surface area (Å²) in [4.78, 5) is 46.1. The van der Waals surface area contributed by atoms with Gasteiger partial charge in [-0.15, -0.1) is 20.4 Å². The molecule has 3 N–H and O–H groups in total. The summed E-state index contributed by atoms with van der Waals surface area (Å²) in [6, 6.07) is 10.7. The van der Waals surface area contributed by atoms with Crippen LogP contribution in [0.5, 0.6) is 0 Å². The Kier molecular flexibility index (Phi) is 14.1. The predicted octanol–water partition coefficient (Wildman–Crippen LogP) is -1.78. The van der Waals surface area contributed by atoms with Gasteiger partial charge in [-0.3, -0.25) is 14.8 Å². The minimum Gasteiger partial charge on any atom is -0.542 e. The molecule has 0 aliphatic rings. The Morgan fingerprint density at radius 2 is 1.20 bits per heavy atom. The number of nitrogens with one attached hydrogen (secondary N) is 1. The van der Waals surface area contributed by atoms with Gasteiger partial charge >= 0.3 is 29.6 Å². The molecule has 1 amide bonds. The van der Waals surface area contributed by atoms with Crippen molar-refractivity contribution >= 4 is 34.6 Å². The van der Waals surface area contributed by atoms with Crippen LogP contribution in [0, 0.1) is 0 Å². The maximum Gasteiger partial charge on any atom is 1.00 e. The SMILES string of the molecule is NCc1ncccn1.O=C(NCc1ncccn1)c1nnc(-c2cccnc2)s1.O=C([O-])c1nnc(-c2cccnc2)s1.[Na+]. The molecule has 0 aromatic carbocycles. The molecule has 0 aliphatic carbocycles. The van der Waals surface area contributed by atoms with Gasteiger partial charge in [0, 0.05) is 60.7 Å². The fourth-order valence-electron chi connectivity index (χ4n) is 2.92. The summed E-state index contributed by atoms with van der Waals surface area (Å²) in [5.74, 6) is -0.372. The summed E-state index contributed by atoms with van der Waals surface area (Å²) in [5.41, 5.74) is 6.81. The van der Waals surface area contributed by atoms with Crippen LogP contribution < -0.4 is 45.7 Å². The number of carbonyl (C=O) groups excluding carboxylic acids is 2. The molecule has 0 saturated carbocycles. The van der Waals surface area contributed by atoms with E-state index < -0.39 is 5.97 Å². The summed E-state index contributed by atoms with van der Waals surface area (Å²) in [5, 5.41) is 29.6. The number of nitrogens with zero attached hydrogens (tertiary/aromatic N) is 10. The second-order valence-electron chi connectivity index (χ2n) is 7.81. The van der Waals surface area contributed by atoms with Gasteiger partial charge in [0.25, 0.3) is 5.91 Å². The Hall–Kier alpha value is -4.52. The van der Waals surface area contributed by atoms with Gasteiger partial charge in [-0.05, 0) is 36.4 Å². The van der Waals surface area contributed by atoms with Crippen LogP contribution in [-0.4, -0.2) is 62.2 Å². The number of amides is 1. The van der Waals surface area contributed by atoms with Crippen LogP contribution in [0.3, 0.4) is 0 Å². The zero-order valence-electron chi connectivity index (χ0n) is 23.1. The second kappa shape index (κ2) is 18.2. The standard InChI is InChI=1S/C13H10N6OS.C8H5N3O2S.C5H7N3.Na/c20-11(17-8-10-15-5-2-6-16-10)13-19-18-12(21-13)9-3-1-4-14-7-9;12-8(13)7-11-10-6(14-7)5-2-1-3-9-4-5;6-4-5-7-2-1-3-8-5;/h1-7H,8H2,(H,17,20);1-4H,(H,12,13);1-3H,4,6H2;/q;;;+1/p-1. The van der Waals surface area contributed by atoms with Gasteiger partial charge in [-0.1, -0.05) is 22.7 Å². The first-order valence-corrected chi connectivity index (χ1v) is 13.9. The molecule has 6 aromatic rings. The molecule has 0 spiro atoms. The molecule has 6 heterocycles. The van der Waals surface area contributed by atoms with Crippen molar-refractivity contribution in [3.8, 4) is 21.1 Å². The van der Waals surface area contributed by atoms with E-state index in [1.54, 1.807) is 73.8 Å². The van der Waals surface area contributed by atoms with Crippen molar-refractivity contribution in [2.45, 2.75) is 13.1 Å². The maximum atomic E-state index is 12.0. The number of hydrogen-bond acceptors (Lipinski definition) is 16. The van der Waals surface area contributed by atoms with Crippen molar-refractivity contribution in [3.05, 3.63) is 108 Å². The maximum absolute atomic E-state index is 12.0. The van der Waals surface area contributed by atoms with Gasteiger partial charge in [0.2, 0.25) is 5.01 Å². The van der Waals surface area contributed by atoms with E-state index in [1.165, 1.54) is 11.3 Å². The first kappa shape index (κ1) is 34.0. The van der Waals surface area contributed by atoms with E-state index in [0.717, 1.165) is 22.5 Å². The van der Waals surface area contributed by atoms with Gasteiger partial charge in [0.1, 0.15) is 27.6 Å².